The third kappa shape index (κ3) is 8.86. The van der Waals surface area contributed by atoms with Crippen molar-refractivity contribution in [3.05, 3.63) is 0 Å². The van der Waals surface area contributed by atoms with E-state index in [1.54, 1.807) is 0 Å². The molecular weight excluding hydrogens is 264 g/mol. The predicted octanol–water partition coefficient (Wildman–Crippen LogP) is 2.99. The lowest BCUT2D eigenvalue weighted by molar-refractivity contribution is -0.137. The van der Waals surface area contributed by atoms with E-state index >= 15 is 0 Å². The van der Waals surface area contributed by atoms with Crippen LogP contribution in [0.25, 0.3) is 0 Å². The van der Waals surface area contributed by atoms with Crippen LogP contribution in [0.5, 0.6) is 0 Å². The largest absolute Gasteiger partial charge is 0.338 e. The summed E-state index contributed by atoms with van der Waals surface area (Å²) in [7, 11) is 0. The van der Waals surface area contributed by atoms with Crippen LogP contribution >= 0.6 is 0 Å². The monoisotopic (exact) mass is 298 g/mol. The number of rotatable bonds is 7. The standard InChI is InChI=1S/C17H34N2O2/c1-13(12-20)10-14(18)11-15(21)19(17(5,6)7)9-8-16(2,3)4/h12-14H,8-11,18H2,1-7H3. The molecule has 2 atom stereocenters. The lowest BCUT2D eigenvalue weighted by Gasteiger charge is -2.38. The molecule has 1 amide bonds. The molecule has 0 radical (unpaired) electrons. The van der Waals surface area contributed by atoms with Crippen molar-refractivity contribution in [3.63, 3.8) is 0 Å². The Hall–Kier alpha value is -0.900. The highest BCUT2D eigenvalue weighted by Gasteiger charge is 2.28. The van der Waals surface area contributed by atoms with Crippen molar-refractivity contribution in [2.75, 3.05) is 6.54 Å². The number of aldehydes is 1. The van der Waals surface area contributed by atoms with Gasteiger partial charge in [-0.3, -0.25) is 4.79 Å². The molecule has 2 N–H and O–H groups in total. The first-order valence-electron chi connectivity index (χ1n) is 7.88. The Labute approximate surface area is 130 Å². The quantitative estimate of drug-likeness (QED) is 0.735. The summed E-state index contributed by atoms with van der Waals surface area (Å²) in [6.45, 7) is 15.2. The summed E-state index contributed by atoms with van der Waals surface area (Å²) >= 11 is 0. The molecular formula is C17H34N2O2. The minimum absolute atomic E-state index is 0.0809. The molecule has 0 aromatic carbocycles. The summed E-state index contributed by atoms with van der Waals surface area (Å²) in [5.74, 6) is -0.0113. The van der Waals surface area contributed by atoms with Crippen molar-refractivity contribution >= 4 is 12.2 Å². The molecule has 0 aliphatic carbocycles. The molecule has 4 heteroatoms. The average Bonchev–Trinajstić information content (AvgIpc) is 2.24. The first-order chi connectivity index (χ1) is 9.36. The molecule has 0 aliphatic rings. The molecule has 0 aromatic heterocycles. The van der Waals surface area contributed by atoms with Gasteiger partial charge in [-0.05, 0) is 39.0 Å². The maximum atomic E-state index is 12.5. The van der Waals surface area contributed by atoms with Gasteiger partial charge < -0.3 is 15.4 Å². The van der Waals surface area contributed by atoms with E-state index in [-0.39, 0.29) is 28.8 Å². The van der Waals surface area contributed by atoms with E-state index in [2.05, 4.69) is 20.8 Å². The van der Waals surface area contributed by atoms with Crippen molar-refractivity contribution in [2.45, 2.75) is 79.3 Å². The Morgan fingerprint density at radius 1 is 1.19 bits per heavy atom. The van der Waals surface area contributed by atoms with Gasteiger partial charge in [0.15, 0.2) is 0 Å². The van der Waals surface area contributed by atoms with Crippen LogP contribution in [0, 0.1) is 11.3 Å². The van der Waals surface area contributed by atoms with Crippen LogP contribution in [0.4, 0.5) is 0 Å². The van der Waals surface area contributed by atoms with Crippen LogP contribution in [0.1, 0.15) is 67.7 Å². The lowest BCUT2D eigenvalue weighted by Crippen LogP contribution is -2.48. The van der Waals surface area contributed by atoms with Gasteiger partial charge in [0, 0.05) is 30.5 Å². The molecule has 0 fully saturated rings. The van der Waals surface area contributed by atoms with Crippen molar-refractivity contribution in [3.8, 4) is 0 Å². The Balaban J connectivity index is 4.70. The van der Waals surface area contributed by atoms with Crippen molar-refractivity contribution in [2.24, 2.45) is 17.1 Å². The van der Waals surface area contributed by atoms with Gasteiger partial charge in [-0.1, -0.05) is 27.7 Å². The fourth-order valence-corrected chi connectivity index (χ4v) is 2.23. The molecule has 124 valence electrons. The average molecular weight is 298 g/mol. The zero-order valence-corrected chi connectivity index (χ0v) is 14.9. The summed E-state index contributed by atoms with van der Waals surface area (Å²) in [5.41, 5.74) is 5.99. The maximum absolute atomic E-state index is 12.5. The second-order valence-electron chi connectivity index (χ2n) is 8.34. The van der Waals surface area contributed by atoms with Crippen LogP contribution < -0.4 is 5.73 Å². The molecule has 0 saturated carbocycles. The molecule has 0 saturated heterocycles. The first kappa shape index (κ1) is 20.1. The second kappa shape index (κ2) is 7.92. The Morgan fingerprint density at radius 2 is 1.71 bits per heavy atom. The van der Waals surface area contributed by atoms with Crippen LogP contribution in [0.2, 0.25) is 0 Å². The number of carbonyl (C=O) groups is 2. The number of nitrogens with two attached hydrogens (primary N) is 1. The van der Waals surface area contributed by atoms with Crippen LogP contribution in [0.3, 0.4) is 0 Å². The van der Waals surface area contributed by atoms with Gasteiger partial charge in [-0.25, -0.2) is 0 Å². The summed E-state index contributed by atoms with van der Waals surface area (Å²) in [6, 6.07) is -0.253. The van der Waals surface area contributed by atoms with E-state index in [1.165, 1.54) is 0 Å². The fraction of sp³-hybridized carbons (Fsp3) is 0.882. The zero-order chi connectivity index (χ0) is 16.8. The number of hydrogen-bond donors (Lipinski definition) is 1. The summed E-state index contributed by atoms with van der Waals surface area (Å²) in [6.07, 6.45) is 2.72. The van der Waals surface area contributed by atoms with Gasteiger partial charge in [0.05, 0.1) is 0 Å². The zero-order valence-electron chi connectivity index (χ0n) is 14.9. The Kier molecular flexibility index (Phi) is 7.58. The topological polar surface area (TPSA) is 63.4 Å². The highest BCUT2D eigenvalue weighted by atomic mass is 16.2. The molecule has 0 bridgehead atoms. The third-order valence-corrected chi connectivity index (χ3v) is 3.54. The minimum atomic E-state index is -0.253. The lowest BCUT2D eigenvalue weighted by atomic mass is 9.90. The van der Waals surface area contributed by atoms with Crippen molar-refractivity contribution < 1.29 is 9.59 Å². The normalized spacial score (nSPS) is 15.4. The highest BCUT2D eigenvalue weighted by Crippen LogP contribution is 2.23. The molecule has 4 nitrogen and oxygen atoms in total. The fourth-order valence-electron chi connectivity index (χ4n) is 2.23. The van der Waals surface area contributed by atoms with Crippen LogP contribution in [0.15, 0.2) is 0 Å². The summed E-state index contributed by atoms with van der Waals surface area (Å²) in [4.78, 5) is 25.1. The van der Waals surface area contributed by atoms with E-state index in [1.807, 2.05) is 32.6 Å². The van der Waals surface area contributed by atoms with Gasteiger partial charge in [0.2, 0.25) is 5.91 Å². The van der Waals surface area contributed by atoms with E-state index in [0.717, 1.165) is 19.3 Å². The predicted molar refractivity (Wildman–Crippen MR) is 88.0 cm³/mol. The molecule has 0 heterocycles. The molecule has 0 aliphatic heterocycles. The van der Waals surface area contributed by atoms with Gasteiger partial charge in [0.25, 0.3) is 0 Å². The maximum Gasteiger partial charge on any atom is 0.224 e. The first-order valence-corrected chi connectivity index (χ1v) is 7.88. The molecule has 0 aromatic rings. The number of hydrogen-bond acceptors (Lipinski definition) is 3. The molecule has 2 unspecified atom stereocenters. The van der Waals surface area contributed by atoms with E-state index in [0.29, 0.717) is 12.8 Å². The minimum Gasteiger partial charge on any atom is -0.338 e. The van der Waals surface area contributed by atoms with E-state index < -0.39 is 0 Å². The third-order valence-electron chi connectivity index (χ3n) is 3.54. The molecule has 0 rings (SSSR count). The van der Waals surface area contributed by atoms with E-state index in [4.69, 9.17) is 5.73 Å². The van der Waals surface area contributed by atoms with Gasteiger partial charge >= 0.3 is 0 Å². The second-order valence-corrected chi connectivity index (χ2v) is 8.34. The number of carbonyl (C=O) groups excluding carboxylic acids is 2. The van der Waals surface area contributed by atoms with Gasteiger partial charge in [-0.2, -0.15) is 0 Å². The van der Waals surface area contributed by atoms with Crippen molar-refractivity contribution in [1.82, 2.24) is 4.90 Å². The van der Waals surface area contributed by atoms with Crippen LogP contribution in [-0.4, -0.2) is 35.2 Å². The highest BCUT2D eigenvalue weighted by molar-refractivity contribution is 5.77. The van der Waals surface area contributed by atoms with Gasteiger partial charge in [0.1, 0.15) is 6.29 Å². The van der Waals surface area contributed by atoms with E-state index in [9.17, 15) is 9.59 Å². The smallest absolute Gasteiger partial charge is 0.224 e. The molecule has 21 heavy (non-hydrogen) atoms. The molecule has 0 spiro atoms. The van der Waals surface area contributed by atoms with Crippen LogP contribution in [-0.2, 0) is 9.59 Å². The van der Waals surface area contributed by atoms with Crippen molar-refractivity contribution in [1.29, 1.82) is 0 Å². The SMILES string of the molecule is CC(C=O)CC(N)CC(=O)N(CCC(C)(C)C)C(C)(C)C. The Morgan fingerprint density at radius 3 is 2.10 bits per heavy atom. The summed E-state index contributed by atoms with van der Waals surface area (Å²) < 4.78 is 0. The number of nitrogens with zero attached hydrogens (tertiary/aromatic N) is 1. The summed E-state index contributed by atoms with van der Waals surface area (Å²) in [5, 5.41) is 0. The Bertz CT molecular complexity index is 340. The van der Waals surface area contributed by atoms with Gasteiger partial charge in [-0.15, -0.1) is 0 Å². The number of amides is 1.